The number of benzene rings is 2. The molecule has 2 aliphatic rings. The van der Waals surface area contributed by atoms with Crippen molar-refractivity contribution < 1.29 is 0 Å². The maximum absolute atomic E-state index is 7.83. The van der Waals surface area contributed by atoms with E-state index in [2.05, 4.69) is 70.5 Å². The van der Waals surface area contributed by atoms with Gasteiger partial charge in [0.05, 0.1) is 17.4 Å². The van der Waals surface area contributed by atoms with Crippen LogP contribution in [0, 0.1) is 5.41 Å². The number of nitrogens with one attached hydrogen (secondary N) is 4. The van der Waals surface area contributed by atoms with E-state index in [0.717, 1.165) is 40.5 Å². The molecule has 4 rings (SSSR count). The smallest absolute Gasteiger partial charge is 0.0814 e. The predicted molar refractivity (Wildman–Crippen MR) is 125 cm³/mol. The quantitative estimate of drug-likeness (QED) is 0.545. The minimum Gasteiger partial charge on any atom is -0.393 e. The number of nitrogens with zero attached hydrogens (tertiary/aromatic N) is 2. The number of rotatable bonds is 5. The van der Waals surface area contributed by atoms with Crippen LogP contribution in [0.1, 0.15) is 36.1 Å². The summed E-state index contributed by atoms with van der Waals surface area (Å²) in [6.07, 6.45) is 4.19. The highest BCUT2D eigenvalue weighted by Gasteiger charge is 2.32. The number of hydrazine groups is 2. The Balaban J connectivity index is 1.85. The molecule has 2 aromatic rings. The number of allylic oxidation sites excluding steroid dienone is 2. The minimum atomic E-state index is 0.176. The predicted octanol–water partition coefficient (Wildman–Crippen LogP) is 4.14. The summed E-state index contributed by atoms with van der Waals surface area (Å²) >= 11 is 6.11. The van der Waals surface area contributed by atoms with E-state index in [-0.39, 0.29) is 6.04 Å². The molecule has 0 saturated carbocycles. The van der Waals surface area contributed by atoms with Crippen molar-refractivity contribution in [1.82, 2.24) is 21.3 Å². The molecule has 0 radical (unpaired) electrons. The van der Waals surface area contributed by atoms with Crippen LogP contribution in [0.15, 0.2) is 54.4 Å². The molecule has 0 fully saturated rings. The van der Waals surface area contributed by atoms with E-state index in [1.54, 1.807) is 0 Å². The summed E-state index contributed by atoms with van der Waals surface area (Å²) in [5.74, 6) is 0. The molecule has 2 aliphatic heterocycles. The molecule has 0 spiro atoms. The molecule has 0 bridgehead atoms. The van der Waals surface area contributed by atoms with Gasteiger partial charge in [-0.15, -0.1) is 5.53 Å². The highest BCUT2D eigenvalue weighted by atomic mass is 35.5. The Morgan fingerprint density at radius 2 is 2.03 bits per heavy atom. The van der Waals surface area contributed by atoms with Crippen molar-refractivity contribution >= 4 is 34.8 Å². The van der Waals surface area contributed by atoms with Gasteiger partial charge in [-0.05, 0) is 54.8 Å². The van der Waals surface area contributed by atoms with Crippen LogP contribution in [0.5, 0.6) is 0 Å². The lowest BCUT2D eigenvalue weighted by atomic mass is 9.92. The van der Waals surface area contributed by atoms with Crippen molar-refractivity contribution in [2.45, 2.75) is 19.4 Å². The Labute approximate surface area is 182 Å². The zero-order valence-corrected chi connectivity index (χ0v) is 18.2. The summed E-state index contributed by atoms with van der Waals surface area (Å²) in [6.45, 7) is 2.96. The van der Waals surface area contributed by atoms with E-state index in [0.29, 0.717) is 0 Å². The Kier molecular flexibility index (Phi) is 5.70. The normalized spacial score (nSPS) is 18.3. The molecule has 1 atom stereocenters. The van der Waals surface area contributed by atoms with Gasteiger partial charge in [-0.25, -0.2) is 0 Å². The maximum atomic E-state index is 7.83. The summed E-state index contributed by atoms with van der Waals surface area (Å²) in [5, 5.41) is 13.8. The minimum absolute atomic E-state index is 0.176. The van der Waals surface area contributed by atoms with Crippen LogP contribution in [-0.2, 0) is 0 Å². The van der Waals surface area contributed by atoms with Gasteiger partial charge in [-0.2, -0.15) is 0 Å². The van der Waals surface area contributed by atoms with Crippen LogP contribution in [0.25, 0.3) is 11.3 Å². The lowest BCUT2D eigenvalue weighted by Gasteiger charge is -2.31. The second-order valence-corrected chi connectivity index (χ2v) is 8.03. The first-order valence-corrected chi connectivity index (χ1v) is 10.4. The fourth-order valence-electron chi connectivity index (χ4n) is 4.25. The first-order valence-electron chi connectivity index (χ1n) is 10.0. The molecule has 1 unspecified atom stereocenters. The summed E-state index contributed by atoms with van der Waals surface area (Å²) in [5.41, 5.74) is 14.3. The standard InChI is InChI=1S/C23H27ClN6/c1-15-23-20-9-4-16(17(13-25)14-26-2)12-21(20)22(10-11-30(23)28-27-15)29(3)19-7-5-18(24)6-8-19/h4-9,12-14,22,25-28H,10-11H2,1-3H3/b17-14+,25-13?. The molecule has 2 aromatic carbocycles. The van der Waals surface area contributed by atoms with E-state index in [1.165, 1.54) is 23.0 Å². The second-order valence-electron chi connectivity index (χ2n) is 7.59. The van der Waals surface area contributed by atoms with E-state index < -0.39 is 0 Å². The van der Waals surface area contributed by atoms with Gasteiger partial charge in [0.15, 0.2) is 0 Å². The van der Waals surface area contributed by atoms with Crippen LogP contribution < -0.4 is 21.2 Å². The SMILES string of the molecule is CN/C=C(\C=N)c1ccc2c(c1)C(N(C)c1ccc(Cl)cc1)CCN1NNC(C)=C21. The molecule has 30 heavy (non-hydrogen) atoms. The van der Waals surface area contributed by atoms with E-state index in [1.807, 2.05) is 25.4 Å². The topological polar surface area (TPSA) is 66.4 Å². The van der Waals surface area contributed by atoms with Crippen molar-refractivity contribution in [2.24, 2.45) is 0 Å². The van der Waals surface area contributed by atoms with Crippen molar-refractivity contribution in [1.29, 1.82) is 5.41 Å². The van der Waals surface area contributed by atoms with Crippen molar-refractivity contribution in [3.63, 3.8) is 0 Å². The van der Waals surface area contributed by atoms with Gasteiger partial charge in [-0.1, -0.05) is 23.7 Å². The Morgan fingerprint density at radius 3 is 2.73 bits per heavy atom. The van der Waals surface area contributed by atoms with Crippen LogP contribution >= 0.6 is 11.6 Å². The maximum Gasteiger partial charge on any atom is 0.0814 e. The third-order valence-electron chi connectivity index (χ3n) is 5.79. The Morgan fingerprint density at radius 1 is 1.27 bits per heavy atom. The van der Waals surface area contributed by atoms with Crippen LogP contribution in [0.4, 0.5) is 5.69 Å². The highest BCUT2D eigenvalue weighted by molar-refractivity contribution is 6.30. The van der Waals surface area contributed by atoms with Crippen molar-refractivity contribution in [3.8, 4) is 0 Å². The molecule has 2 heterocycles. The molecule has 7 heteroatoms. The molecule has 0 aliphatic carbocycles. The second kappa shape index (κ2) is 8.42. The summed E-state index contributed by atoms with van der Waals surface area (Å²) < 4.78 is 0. The van der Waals surface area contributed by atoms with Gasteiger partial charge in [0.25, 0.3) is 0 Å². The highest BCUT2D eigenvalue weighted by Crippen LogP contribution is 2.40. The van der Waals surface area contributed by atoms with Crippen LogP contribution in [0.2, 0.25) is 5.02 Å². The van der Waals surface area contributed by atoms with Gasteiger partial charge in [0, 0.05) is 54.9 Å². The monoisotopic (exact) mass is 422 g/mol. The average molecular weight is 423 g/mol. The van der Waals surface area contributed by atoms with Crippen LogP contribution in [-0.4, -0.2) is 31.9 Å². The van der Waals surface area contributed by atoms with Gasteiger partial charge in [0.2, 0.25) is 0 Å². The van der Waals surface area contributed by atoms with Gasteiger partial charge in [-0.3, -0.25) is 5.01 Å². The van der Waals surface area contributed by atoms with E-state index in [9.17, 15) is 0 Å². The molecular weight excluding hydrogens is 396 g/mol. The summed E-state index contributed by atoms with van der Waals surface area (Å²) in [4.78, 5) is 2.32. The fourth-order valence-corrected chi connectivity index (χ4v) is 4.37. The summed E-state index contributed by atoms with van der Waals surface area (Å²) in [7, 11) is 3.99. The molecule has 4 N–H and O–H groups in total. The van der Waals surface area contributed by atoms with Gasteiger partial charge in [0.1, 0.15) is 0 Å². The van der Waals surface area contributed by atoms with E-state index in [4.69, 9.17) is 17.0 Å². The summed E-state index contributed by atoms with van der Waals surface area (Å²) in [6, 6.07) is 14.7. The molecule has 0 saturated heterocycles. The molecule has 6 nitrogen and oxygen atoms in total. The molecular formula is C23H27ClN6. The fraction of sp³-hybridized carbons (Fsp3) is 0.261. The lowest BCUT2D eigenvalue weighted by Crippen LogP contribution is -2.38. The molecule has 0 aromatic heterocycles. The number of fused-ring (bicyclic) bond motifs is 3. The van der Waals surface area contributed by atoms with Gasteiger partial charge < -0.3 is 21.1 Å². The molecule has 156 valence electrons. The third-order valence-corrected chi connectivity index (χ3v) is 6.04. The Hall–Kier alpha value is -2.96. The number of hydrogen-bond donors (Lipinski definition) is 4. The Bertz CT molecular complexity index is 1010. The van der Waals surface area contributed by atoms with Crippen LogP contribution in [0.3, 0.4) is 0 Å². The number of halogens is 1. The molecule has 0 amide bonds. The average Bonchev–Trinajstić information content (AvgIpc) is 3.03. The number of anilines is 1. The third kappa shape index (κ3) is 3.64. The van der Waals surface area contributed by atoms with E-state index >= 15 is 0 Å². The lowest BCUT2D eigenvalue weighted by molar-refractivity contribution is 0.278. The zero-order chi connectivity index (χ0) is 21.3. The first-order chi connectivity index (χ1) is 14.5. The first kappa shape index (κ1) is 20.3. The largest absolute Gasteiger partial charge is 0.393 e. The van der Waals surface area contributed by atoms with Crippen molar-refractivity contribution in [3.05, 3.63) is 76.1 Å². The van der Waals surface area contributed by atoms with Gasteiger partial charge >= 0.3 is 0 Å². The number of hydrogen-bond acceptors (Lipinski definition) is 6. The van der Waals surface area contributed by atoms with Crippen molar-refractivity contribution in [2.75, 3.05) is 25.5 Å². The zero-order valence-electron chi connectivity index (χ0n) is 17.5.